The number of carboxylic acids is 1. The summed E-state index contributed by atoms with van der Waals surface area (Å²) in [4.78, 5) is 51.5. The molecule has 0 fully saturated rings. The van der Waals surface area contributed by atoms with Crippen LogP contribution in [0.5, 0.6) is 0 Å². The third kappa shape index (κ3) is 10.8. The molecule has 0 aliphatic carbocycles. The Labute approximate surface area is 240 Å². The second-order valence-corrected chi connectivity index (χ2v) is 10.3. The van der Waals surface area contributed by atoms with Gasteiger partial charge >= 0.3 is 5.97 Å². The maximum atomic E-state index is 13.5. The Kier molecular flexibility index (Phi) is 11.8. The van der Waals surface area contributed by atoms with E-state index in [0.29, 0.717) is 0 Å². The van der Waals surface area contributed by atoms with Gasteiger partial charge in [0, 0.05) is 18.9 Å². The molecule has 3 aromatic carbocycles. The SMILES string of the molecule is CC(C)C[C@@H](NC(=O)[C@H](Cc1ccccc1)NC(=O)C=Cc1ccccc1)C(=O)N[C@@H](Cc1ccccc1)C(=O)O. The molecule has 0 bridgehead atoms. The average molecular weight is 556 g/mol. The van der Waals surface area contributed by atoms with Gasteiger partial charge in [-0.2, -0.15) is 0 Å². The largest absolute Gasteiger partial charge is 0.480 e. The quantitative estimate of drug-likeness (QED) is 0.226. The van der Waals surface area contributed by atoms with Gasteiger partial charge in [-0.15, -0.1) is 0 Å². The molecular weight excluding hydrogens is 518 g/mol. The maximum Gasteiger partial charge on any atom is 0.326 e. The van der Waals surface area contributed by atoms with E-state index in [2.05, 4.69) is 16.0 Å². The molecule has 41 heavy (non-hydrogen) atoms. The number of rotatable bonds is 14. The second kappa shape index (κ2) is 15.8. The minimum absolute atomic E-state index is 0.0272. The van der Waals surface area contributed by atoms with Gasteiger partial charge in [0.05, 0.1) is 0 Å². The highest BCUT2D eigenvalue weighted by molar-refractivity contribution is 5.97. The topological polar surface area (TPSA) is 125 Å². The molecule has 0 aromatic heterocycles. The van der Waals surface area contributed by atoms with Crippen molar-refractivity contribution < 1.29 is 24.3 Å². The van der Waals surface area contributed by atoms with Crippen LogP contribution in [-0.4, -0.2) is 46.9 Å². The number of benzene rings is 3. The van der Waals surface area contributed by atoms with Crippen LogP contribution in [0.4, 0.5) is 0 Å². The van der Waals surface area contributed by atoms with Crippen LogP contribution in [0.15, 0.2) is 97.1 Å². The summed E-state index contributed by atoms with van der Waals surface area (Å²) in [6.07, 6.45) is 3.61. The highest BCUT2D eigenvalue weighted by Gasteiger charge is 2.30. The fourth-order valence-electron chi connectivity index (χ4n) is 4.31. The molecule has 3 amide bonds. The van der Waals surface area contributed by atoms with Crippen molar-refractivity contribution in [3.05, 3.63) is 114 Å². The molecule has 8 heteroatoms. The van der Waals surface area contributed by atoms with E-state index >= 15 is 0 Å². The van der Waals surface area contributed by atoms with Crippen LogP contribution < -0.4 is 16.0 Å². The van der Waals surface area contributed by atoms with Crippen molar-refractivity contribution in [2.75, 3.05) is 0 Å². The summed E-state index contributed by atoms with van der Waals surface area (Å²) >= 11 is 0. The van der Waals surface area contributed by atoms with E-state index in [1.54, 1.807) is 30.3 Å². The fraction of sp³-hybridized carbons (Fsp3) is 0.273. The third-order valence-electron chi connectivity index (χ3n) is 6.38. The highest BCUT2D eigenvalue weighted by Crippen LogP contribution is 2.10. The fourth-order valence-corrected chi connectivity index (χ4v) is 4.31. The molecule has 0 spiro atoms. The average Bonchev–Trinajstić information content (AvgIpc) is 2.96. The highest BCUT2D eigenvalue weighted by atomic mass is 16.4. The van der Waals surface area contributed by atoms with Gasteiger partial charge in [-0.1, -0.05) is 105 Å². The summed E-state index contributed by atoms with van der Waals surface area (Å²) in [6.45, 7) is 3.81. The van der Waals surface area contributed by atoms with Crippen LogP contribution in [0.3, 0.4) is 0 Å². The van der Waals surface area contributed by atoms with Crippen LogP contribution in [-0.2, 0) is 32.0 Å². The molecular formula is C33H37N3O5. The molecule has 4 N–H and O–H groups in total. The smallest absolute Gasteiger partial charge is 0.326 e. The minimum Gasteiger partial charge on any atom is -0.480 e. The molecule has 0 heterocycles. The first-order valence-electron chi connectivity index (χ1n) is 13.7. The Morgan fingerprint density at radius 3 is 1.63 bits per heavy atom. The van der Waals surface area contributed by atoms with E-state index < -0.39 is 41.8 Å². The molecule has 3 atom stereocenters. The van der Waals surface area contributed by atoms with Gasteiger partial charge in [-0.3, -0.25) is 14.4 Å². The molecule has 0 aliphatic rings. The second-order valence-electron chi connectivity index (χ2n) is 10.3. The standard InChI is InChI=1S/C33H37N3O5/c1-23(2)20-27(31(38)36-29(33(40)41)22-26-16-10-5-11-17-26)35-32(39)28(21-25-14-8-4-9-15-25)34-30(37)19-18-24-12-6-3-7-13-24/h3-19,23,27-29H,20-22H2,1-2H3,(H,34,37)(H,35,39)(H,36,38)(H,40,41)/t27-,28+,29+/m1/s1. The lowest BCUT2D eigenvalue weighted by molar-refractivity contribution is -0.142. The van der Waals surface area contributed by atoms with Crippen molar-refractivity contribution in [1.29, 1.82) is 0 Å². The van der Waals surface area contributed by atoms with Crippen LogP contribution >= 0.6 is 0 Å². The zero-order chi connectivity index (χ0) is 29.6. The Hall–Kier alpha value is -4.72. The molecule has 0 aliphatic heterocycles. The number of carboxylic acid groups (broad SMARTS) is 1. The van der Waals surface area contributed by atoms with Gasteiger partial charge in [0.2, 0.25) is 17.7 Å². The predicted molar refractivity (Wildman–Crippen MR) is 159 cm³/mol. The lowest BCUT2D eigenvalue weighted by Crippen LogP contribution is -2.56. The van der Waals surface area contributed by atoms with Crippen LogP contribution in [0, 0.1) is 5.92 Å². The molecule has 8 nitrogen and oxygen atoms in total. The Morgan fingerprint density at radius 2 is 1.12 bits per heavy atom. The zero-order valence-electron chi connectivity index (χ0n) is 23.3. The summed E-state index contributed by atoms with van der Waals surface area (Å²) in [7, 11) is 0. The molecule has 3 rings (SSSR count). The summed E-state index contributed by atoms with van der Waals surface area (Å²) in [6, 6.07) is 24.4. The number of carbonyl (C=O) groups excluding carboxylic acids is 3. The molecule has 0 saturated heterocycles. The third-order valence-corrected chi connectivity index (χ3v) is 6.38. The summed E-state index contributed by atoms with van der Waals surface area (Å²) in [5.74, 6) is -2.73. The number of hydrogen-bond donors (Lipinski definition) is 4. The van der Waals surface area contributed by atoms with Crippen LogP contribution in [0.1, 0.15) is 37.0 Å². The number of hydrogen-bond acceptors (Lipinski definition) is 4. The van der Waals surface area contributed by atoms with Gasteiger partial charge in [0.25, 0.3) is 0 Å². The molecule has 0 radical (unpaired) electrons. The first-order chi connectivity index (χ1) is 19.7. The Morgan fingerprint density at radius 1 is 0.659 bits per heavy atom. The van der Waals surface area contributed by atoms with E-state index in [-0.39, 0.29) is 25.2 Å². The van der Waals surface area contributed by atoms with E-state index in [1.165, 1.54) is 6.08 Å². The molecule has 3 aromatic rings. The predicted octanol–water partition coefficient (Wildman–Crippen LogP) is 3.77. The first kappa shape index (κ1) is 30.8. The lowest BCUT2D eigenvalue weighted by Gasteiger charge is -2.25. The maximum absolute atomic E-state index is 13.5. The van der Waals surface area contributed by atoms with Gasteiger partial charge < -0.3 is 21.1 Å². The number of carbonyl (C=O) groups is 4. The number of amides is 3. The van der Waals surface area contributed by atoms with Crippen LogP contribution in [0.2, 0.25) is 0 Å². The van der Waals surface area contributed by atoms with Crippen molar-refractivity contribution >= 4 is 29.8 Å². The van der Waals surface area contributed by atoms with E-state index in [4.69, 9.17) is 0 Å². The zero-order valence-corrected chi connectivity index (χ0v) is 23.3. The number of aliphatic carboxylic acids is 1. The Bertz CT molecular complexity index is 1310. The number of nitrogens with one attached hydrogen (secondary N) is 3. The first-order valence-corrected chi connectivity index (χ1v) is 13.7. The van der Waals surface area contributed by atoms with Crippen molar-refractivity contribution in [3.8, 4) is 0 Å². The summed E-state index contributed by atoms with van der Waals surface area (Å²) in [5, 5.41) is 17.9. The van der Waals surface area contributed by atoms with Gasteiger partial charge in [-0.05, 0) is 35.1 Å². The monoisotopic (exact) mass is 555 g/mol. The molecule has 0 saturated carbocycles. The minimum atomic E-state index is -1.17. The summed E-state index contributed by atoms with van der Waals surface area (Å²) in [5.41, 5.74) is 2.43. The lowest BCUT2D eigenvalue weighted by atomic mass is 10.00. The van der Waals surface area contributed by atoms with Crippen LogP contribution in [0.25, 0.3) is 6.08 Å². The van der Waals surface area contributed by atoms with E-state index in [0.717, 1.165) is 16.7 Å². The van der Waals surface area contributed by atoms with Gasteiger partial charge in [0.15, 0.2) is 0 Å². The van der Waals surface area contributed by atoms with Gasteiger partial charge in [-0.25, -0.2) is 4.79 Å². The van der Waals surface area contributed by atoms with Gasteiger partial charge in [0.1, 0.15) is 18.1 Å². The van der Waals surface area contributed by atoms with E-state index in [9.17, 15) is 24.3 Å². The van der Waals surface area contributed by atoms with Crippen molar-refractivity contribution in [2.24, 2.45) is 5.92 Å². The van der Waals surface area contributed by atoms with Crippen molar-refractivity contribution in [3.63, 3.8) is 0 Å². The summed E-state index contributed by atoms with van der Waals surface area (Å²) < 4.78 is 0. The molecule has 0 unspecified atom stereocenters. The molecule has 214 valence electrons. The Balaban J connectivity index is 1.75. The van der Waals surface area contributed by atoms with E-state index in [1.807, 2.05) is 80.6 Å². The van der Waals surface area contributed by atoms with Crippen molar-refractivity contribution in [2.45, 2.75) is 51.2 Å². The normalized spacial score (nSPS) is 13.2. The van der Waals surface area contributed by atoms with Crippen molar-refractivity contribution in [1.82, 2.24) is 16.0 Å².